The molecule has 0 aliphatic heterocycles. The lowest BCUT2D eigenvalue weighted by atomic mass is 10.1. The van der Waals surface area contributed by atoms with E-state index in [-0.39, 0.29) is 12.6 Å². The van der Waals surface area contributed by atoms with E-state index in [1.54, 1.807) is 0 Å². The third kappa shape index (κ3) is 5.45. The summed E-state index contributed by atoms with van der Waals surface area (Å²) in [5.41, 5.74) is 0.979. The number of halogens is 2. The van der Waals surface area contributed by atoms with Crippen LogP contribution < -0.4 is 10.1 Å². The molecule has 0 saturated carbocycles. The summed E-state index contributed by atoms with van der Waals surface area (Å²) in [6.07, 6.45) is -2.32. The van der Waals surface area contributed by atoms with E-state index < -0.39 is 6.43 Å². The van der Waals surface area contributed by atoms with E-state index in [1.165, 1.54) is 0 Å². The topological polar surface area (TPSA) is 21.3 Å². The number of benzene rings is 1. The first-order chi connectivity index (χ1) is 8.49. The molecule has 0 aliphatic carbocycles. The van der Waals surface area contributed by atoms with Crippen molar-refractivity contribution in [3.63, 3.8) is 0 Å². The fourth-order valence-corrected chi connectivity index (χ4v) is 1.50. The Morgan fingerprint density at radius 2 is 1.72 bits per heavy atom. The van der Waals surface area contributed by atoms with Crippen LogP contribution in [0.4, 0.5) is 8.78 Å². The lowest BCUT2D eigenvalue weighted by Gasteiger charge is -2.15. The molecule has 0 spiro atoms. The van der Waals surface area contributed by atoms with Gasteiger partial charge < -0.3 is 10.1 Å². The van der Waals surface area contributed by atoms with E-state index in [0.29, 0.717) is 12.5 Å². The van der Waals surface area contributed by atoms with E-state index in [0.717, 1.165) is 11.3 Å². The van der Waals surface area contributed by atoms with E-state index in [2.05, 4.69) is 19.2 Å². The van der Waals surface area contributed by atoms with Crippen LogP contribution in [0.25, 0.3) is 0 Å². The predicted octanol–water partition coefficient (Wildman–Crippen LogP) is 3.64. The molecule has 102 valence electrons. The van der Waals surface area contributed by atoms with Gasteiger partial charge in [0.1, 0.15) is 5.75 Å². The van der Waals surface area contributed by atoms with Crippen LogP contribution in [-0.2, 0) is 0 Å². The highest BCUT2D eigenvalue weighted by Gasteiger charge is 2.08. The van der Waals surface area contributed by atoms with Crippen LogP contribution in [0.2, 0.25) is 0 Å². The molecule has 0 radical (unpaired) electrons. The highest BCUT2D eigenvalue weighted by molar-refractivity contribution is 5.28. The highest BCUT2D eigenvalue weighted by Crippen LogP contribution is 2.18. The standard InChI is InChI=1S/C14H21F2NO/c1-10(2)9-18-13-6-4-12(5-7-13)11(3)17-8-14(15)16/h4-7,10-11,14,17H,8-9H2,1-3H3. The smallest absolute Gasteiger partial charge is 0.250 e. The number of hydrogen-bond acceptors (Lipinski definition) is 2. The molecule has 2 nitrogen and oxygen atoms in total. The van der Waals surface area contributed by atoms with Crippen LogP contribution in [-0.4, -0.2) is 19.6 Å². The normalized spacial score (nSPS) is 13.1. The lowest BCUT2D eigenvalue weighted by Crippen LogP contribution is -2.24. The minimum absolute atomic E-state index is 0.0850. The molecule has 0 aliphatic rings. The van der Waals surface area contributed by atoms with Gasteiger partial charge in [-0.05, 0) is 30.5 Å². The Hall–Kier alpha value is -1.16. The first kappa shape index (κ1) is 14.9. The minimum Gasteiger partial charge on any atom is -0.493 e. The summed E-state index contributed by atoms with van der Waals surface area (Å²) in [6.45, 7) is 6.44. The van der Waals surface area contributed by atoms with Crippen molar-refractivity contribution < 1.29 is 13.5 Å². The van der Waals surface area contributed by atoms with Crippen LogP contribution >= 0.6 is 0 Å². The van der Waals surface area contributed by atoms with Gasteiger partial charge in [0.05, 0.1) is 13.2 Å². The Labute approximate surface area is 107 Å². The second kappa shape index (κ2) is 7.31. The molecular formula is C14H21F2NO. The van der Waals surface area contributed by atoms with E-state index >= 15 is 0 Å². The average molecular weight is 257 g/mol. The Morgan fingerprint density at radius 1 is 1.11 bits per heavy atom. The van der Waals surface area contributed by atoms with Crippen molar-refractivity contribution in [2.45, 2.75) is 33.2 Å². The van der Waals surface area contributed by atoms with Crippen molar-refractivity contribution in [3.8, 4) is 5.75 Å². The Kier molecular flexibility index (Phi) is 6.05. The van der Waals surface area contributed by atoms with Crippen LogP contribution in [0.15, 0.2) is 24.3 Å². The summed E-state index contributed by atoms with van der Waals surface area (Å²) < 4.78 is 29.7. The fourth-order valence-electron chi connectivity index (χ4n) is 1.50. The molecule has 0 saturated heterocycles. The molecule has 0 bridgehead atoms. The molecule has 1 N–H and O–H groups in total. The highest BCUT2D eigenvalue weighted by atomic mass is 19.3. The van der Waals surface area contributed by atoms with Gasteiger partial charge in [-0.3, -0.25) is 0 Å². The molecule has 0 aromatic heterocycles. The van der Waals surface area contributed by atoms with E-state index in [9.17, 15) is 8.78 Å². The number of ether oxygens (including phenoxy) is 1. The maximum atomic E-state index is 12.1. The minimum atomic E-state index is -2.32. The van der Waals surface area contributed by atoms with Gasteiger partial charge in [-0.25, -0.2) is 8.78 Å². The largest absolute Gasteiger partial charge is 0.493 e. The van der Waals surface area contributed by atoms with Gasteiger partial charge in [0.2, 0.25) is 0 Å². The van der Waals surface area contributed by atoms with Crippen LogP contribution in [0.3, 0.4) is 0 Å². The summed E-state index contributed by atoms with van der Waals surface area (Å²) >= 11 is 0. The molecule has 0 amide bonds. The van der Waals surface area contributed by atoms with Gasteiger partial charge in [-0.1, -0.05) is 26.0 Å². The Morgan fingerprint density at radius 3 is 2.22 bits per heavy atom. The predicted molar refractivity (Wildman–Crippen MR) is 69.2 cm³/mol. The van der Waals surface area contributed by atoms with Gasteiger partial charge >= 0.3 is 0 Å². The fraction of sp³-hybridized carbons (Fsp3) is 0.571. The number of hydrogen-bond donors (Lipinski definition) is 1. The molecule has 1 rings (SSSR count). The molecule has 0 heterocycles. The van der Waals surface area contributed by atoms with E-state index in [1.807, 2.05) is 31.2 Å². The molecule has 1 aromatic rings. The number of nitrogens with one attached hydrogen (secondary N) is 1. The second-order valence-corrected chi connectivity index (χ2v) is 4.79. The van der Waals surface area contributed by atoms with Crippen molar-refractivity contribution in [1.29, 1.82) is 0 Å². The number of rotatable bonds is 7. The SMILES string of the molecule is CC(C)COc1ccc(C(C)NCC(F)F)cc1. The maximum absolute atomic E-state index is 12.1. The molecule has 1 unspecified atom stereocenters. The van der Waals surface area contributed by atoms with Crippen molar-refractivity contribution in [2.75, 3.05) is 13.2 Å². The summed E-state index contributed by atoms with van der Waals surface area (Å²) in [4.78, 5) is 0. The van der Waals surface area contributed by atoms with Gasteiger partial charge in [-0.2, -0.15) is 0 Å². The first-order valence-electron chi connectivity index (χ1n) is 6.23. The lowest BCUT2D eigenvalue weighted by molar-refractivity contribution is 0.142. The van der Waals surface area contributed by atoms with Gasteiger partial charge in [-0.15, -0.1) is 0 Å². The molecule has 0 fully saturated rings. The van der Waals surface area contributed by atoms with Crippen LogP contribution in [0, 0.1) is 5.92 Å². The molecule has 1 atom stereocenters. The summed E-state index contributed by atoms with van der Waals surface area (Å²) in [6, 6.07) is 7.46. The van der Waals surface area contributed by atoms with Gasteiger partial charge in [0.25, 0.3) is 6.43 Å². The summed E-state index contributed by atoms with van der Waals surface area (Å²) in [5, 5.41) is 2.78. The molecule has 1 aromatic carbocycles. The molecule has 4 heteroatoms. The van der Waals surface area contributed by atoms with E-state index in [4.69, 9.17) is 4.74 Å². The second-order valence-electron chi connectivity index (χ2n) is 4.79. The van der Waals surface area contributed by atoms with Crippen molar-refractivity contribution >= 4 is 0 Å². The molecule has 18 heavy (non-hydrogen) atoms. The maximum Gasteiger partial charge on any atom is 0.250 e. The average Bonchev–Trinajstić information content (AvgIpc) is 2.34. The first-order valence-corrected chi connectivity index (χ1v) is 6.23. The summed E-state index contributed by atoms with van der Waals surface area (Å²) in [7, 11) is 0. The van der Waals surface area contributed by atoms with Crippen LogP contribution in [0.5, 0.6) is 5.75 Å². The zero-order valence-electron chi connectivity index (χ0n) is 11.1. The molecular weight excluding hydrogens is 236 g/mol. The quantitative estimate of drug-likeness (QED) is 0.805. The van der Waals surface area contributed by atoms with Gasteiger partial charge in [0, 0.05) is 6.04 Å². The zero-order chi connectivity index (χ0) is 13.5. The van der Waals surface area contributed by atoms with Gasteiger partial charge in [0.15, 0.2) is 0 Å². The zero-order valence-corrected chi connectivity index (χ0v) is 11.1. The monoisotopic (exact) mass is 257 g/mol. The van der Waals surface area contributed by atoms with Crippen LogP contribution in [0.1, 0.15) is 32.4 Å². The third-order valence-electron chi connectivity index (χ3n) is 2.54. The Bertz CT molecular complexity index is 338. The van der Waals surface area contributed by atoms with Crippen molar-refractivity contribution in [2.24, 2.45) is 5.92 Å². The third-order valence-corrected chi connectivity index (χ3v) is 2.54. The Balaban J connectivity index is 2.48. The summed E-state index contributed by atoms with van der Waals surface area (Å²) in [5.74, 6) is 1.30. The van der Waals surface area contributed by atoms with Crippen molar-refractivity contribution in [1.82, 2.24) is 5.32 Å². The van der Waals surface area contributed by atoms with Crippen molar-refractivity contribution in [3.05, 3.63) is 29.8 Å². The number of alkyl halides is 2.